The monoisotopic (exact) mass is 524 g/mol. The Morgan fingerprint density at radius 3 is 2.36 bits per heavy atom. The lowest BCUT2D eigenvalue weighted by Gasteiger charge is -2.36. The van der Waals surface area contributed by atoms with E-state index >= 15 is 0 Å². The van der Waals surface area contributed by atoms with Crippen LogP contribution in [0.3, 0.4) is 0 Å². The van der Waals surface area contributed by atoms with Crippen molar-refractivity contribution in [3.8, 4) is 11.5 Å². The Hall–Kier alpha value is -4.65. The van der Waals surface area contributed by atoms with Gasteiger partial charge in [-0.05, 0) is 65.6 Å². The number of halogens is 2. The highest BCUT2D eigenvalue weighted by Gasteiger charge is 2.35. The highest BCUT2D eigenvalue weighted by molar-refractivity contribution is 5.95. The van der Waals surface area contributed by atoms with Crippen molar-refractivity contribution in [2.24, 2.45) is 0 Å². The first-order chi connectivity index (χ1) is 19.0. The lowest BCUT2D eigenvalue weighted by molar-refractivity contribution is 0.0691. The summed E-state index contributed by atoms with van der Waals surface area (Å²) in [5.41, 5.74) is 4.78. The number of amides is 1. The number of methoxy groups -OCH3 is 1. The molecule has 1 amide bonds. The van der Waals surface area contributed by atoms with Gasteiger partial charge in [0.25, 0.3) is 5.91 Å². The molecule has 0 radical (unpaired) electrons. The number of carbonyl (C=O) groups excluding carboxylic acids is 1. The van der Waals surface area contributed by atoms with Gasteiger partial charge in [-0.15, -0.1) is 0 Å². The number of rotatable bonds is 6. The largest absolute Gasteiger partial charge is 0.497 e. The molecule has 1 N–H and O–H groups in total. The van der Waals surface area contributed by atoms with E-state index in [1.54, 1.807) is 12.0 Å². The van der Waals surface area contributed by atoms with E-state index in [2.05, 4.69) is 4.98 Å². The average molecular weight is 525 g/mol. The molecule has 0 spiro atoms. The molecule has 0 fully saturated rings. The molecule has 0 saturated heterocycles. The van der Waals surface area contributed by atoms with Crippen molar-refractivity contribution in [2.45, 2.75) is 19.1 Å². The molecule has 4 aromatic carbocycles. The third kappa shape index (κ3) is 4.83. The summed E-state index contributed by atoms with van der Waals surface area (Å²) in [5, 5.41) is 1.03. The van der Waals surface area contributed by atoms with Crippen LogP contribution in [-0.4, -0.2) is 29.4 Å². The summed E-state index contributed by atoms with van der Waals surface area (Å²) in [7, 11) is 1.63. The summed E-state index contributed by atoms with van der Waals surface area (Å²) in [6.07, 6.45) is 0.584. The van der Waals surface area contributed by atoms with Crippen LogP contribution in [0.1, 0.15) is 38.8 Å². The predicted molar refractivity (Wildman–Crippen MR) is 145 cm³/mol. The van der Waals surface area contributed by atoms with Gasteiger partial charge in [0, 0.05) is 34.8 Å². The SMILES string of the molecule is COc1ccc2[nH]c3c(c2c1)CCN(C(=O)c1cc(F)cc(F)c1)[C@@H]3c1ccc(OCc2ccccc2)cc1. The molecule has 5 aromatic rings. The molecule has 196 valence electrons. The topological polar surface area (TPSA) is 54.6 Å². The third-order valence-electron chi connectivity index (χ3n) is 7.15. The Kier molecular flexibility index (Phi) is 6.49. The first-order valence-corrected chi connectivity index (χ1v) is 12.7. The number of hydrogen-bond donors (Lipinski definition) is 1. The molecule has 1 aromatic heterocycles. The van der Waals surface area contributed by atoms with Gasteiger partial charge in [0.05, 0.1) is 13.2 Å². The Morgan fingerprint density at radius 2 is 1.64 bits per heavy atom. The second kappa shape index (κ2) is 10.3. The smallest absolute Gasteiger partial charge is 0.254 e. The fourth-order valence-electron chi connectivity index (χ4n) is 5.29. The highest BCUT2D eigenvalue weighted by Crippen LogP contribution is 2.40. The van der Waals surface area contributed by atoms with Crippen molar-refractivity contribution in [1.29, 1.82) is 0 Å². The van der Waals surface area contributed by atoms with Gasteiger partial charge < -0.3 is 19.4 Å². The normalized spacial score (nSPS) is 14.7. The molecule has 1 aliphatic rings. The van der Waals surface area contributed by atoms with E-state index in [-0.39, 0.29) is 5.56 Å². The predicted octanol–water partition coefficient (Wildman–Crippen LogP) is 6.82. The average Bonchev–Trinajstić information content (AvgIpc) is 3.33. The second-order valence-corrected chi connectivity index (χ2v) is 9.58. The summed E-state index contributed by atoms with van der Waals surface area (Å²) >= 11 is 0. The van der Waals surface area contributed by atoms with Gasteiger partial charge in [-0.1, -0.05) is 42.5 Å². The van der Waals surface area contributed by atoms with E-state index in [1.807, 2.05) is 72.8 Å². The lowest BCUT2D eigenvalue weighted by atomic mass is 9.91. The standard InChI is InChI=1S/C32H26F2N2O3/c1-38-26-11-12-29-28(18-26)27-13-14-36(32(37)22-15-23(33)17-24(34)16-22)31(30(27)35-29)21-7-9-25(10-8-21)39-19-20-5-3-2-4-6-20/h2-12,15-18,31,35H,13-14,19H2,1H3/t31-/m1/s1. The minimum atomic E-state index is -0.787. The first kappa shape index (κ1) is 24.7. The van der Waals surface area contributed by atoms with Crippen molar-refractivity contribution in [3.63, 3.8) is 0 Å². The van der Waals surface area contributed by atoms with Crippen molar-refractivity contribution < 1.29 is 23.0 Å². The molecule has 0 unspecified atom stereocenters. The lowest BCUT2D eigenvalue weighted by Crippen LogP contribution is -2.40. The molecule has 0 saturated carbocycles. The Labute approximate surface area is 224 Å². The Bertz CT molecular complexity index is 1630. The number of carbonyl (C=O) groups is 1. The summed E-state index contributed by atoms with van der Waals surface area (Å²) in [4.78, 5) is 18.9. The molecule has 0 aliphatic carbocycles. The maximum Gasteiger partial charge on any atom is 0.254 e. The molecule has 1 atom stereocenters. The van der Waals surface area contributed by atoms with Gasteiger partial charge in [0.1, 0.15) is 29.7 Å². The van der Waals surface area contributed by atoms with Gasteiger partial charge in [0.15, 0.2) is 0 Å². The summed E-state index contributed by atoms with van der Waals surface area (Å²) in [5.74, 6) is -0.570. The second-order valence-electron chi connectivity index (χ2n) is 9.58. The maximum absolute atomic E-state index is 14.0. The highest BCUT2D eigenvalue weighted by atomic mass is 19.1. The summed E-state index contributed by atoms with van der Waals surface area (Å²) in [6.45, 7) is 0.818. The number of aromatic nitrogens is 1. The van der Waals surface area contributed by atoms with Crippen molar-refractivity contribution in [1.82, 2.24) is 9.88 Å². The third-order valence-corrected chi connectivity index (χ3v) is 7.15. The van der Waals surface area contributed by atoms with Gasteiger partial charge in [-0.2, -0.15) is 0 Å². The number of hydrogen-bond acceptors (Lipinski definition) is 3. The van der Waals surface area contributed by atoms with E-state index < -0.39 is 23.6 Å². The Balaban J connectivity index is 1.38. The van der Waals surface area contributed by atoms with E-state index in [1.165, 1.54) is 0 Å². The first-order valence-electron chi connectivity index (χ1n) is 12.7. The zero-order chi connectivity index (χ0) is 26.9. The maximum atomic E-state index is 14.0. The van der Waals surface area contributed by atoms with Crippen LogP contribution in [0.2, 0.25) is 0 Å². The van der Waals surface area contributed by atoms with Crippen molar-refractivity contribution in [3.05, 3.63) is 131 Å². The van der Waals surface area contributed by atoms with Crippen molar-refractivity contribution >= 4 is 16.8 Å². The van der Waals surface area contributed by atoms with Gasteiger partial charge in [-0.3, -0.25) is 4.79 Å². The number of ether oxygens (including phenoxy) is 2. The molecule has 2 heterocycles. The molecule has 1 aliphatic heterocycles. The summed E-state index contributed by atoms with van der Waals surface area (Å²) in [6, 6.07) is 25.8. The fourth-order valence-corrected chi connectivity index (χ4v) is 5.29. The number of aromatic amines is 1. The number of nitrogens with zero attached hydrogens (tertiary/aromatic N) is 1. The Morgan fingerprint density at radius 1 is 0.923 bits per heavy atom. The molecule has 0 bridgehead atoms. The number of H-pyrrole nitrogens is 1. The van der Waals surface area contributed by atoms with Gasteiger partial charge >= 0.3 is 0 Å². The minimum Gasteiger partial charge on any atom is -0.497 e. The number of fused-ring (bicyclic) bond motifs is 3. The zero-order valence-corrected chi connectivity index (χ0v) is 21.3. The quantitative estimate of drug-likeness (QED) is 0.265. The van der Waals surface area contributed by atoms with E-state index in [9.17, 15) is 13.6 Å². The van der Waals surface area contributed by atoms with E-state index in [0.717, 1.165) is 57.2 Å². The van der Waals surface area contributed by atoms with Crippen molar-refractivity contribution in [2.75, 3.05) is 13.7 Å². The molecular weight excluding hydrogens is 498 g/mol. The minimum absolute atomic E-state index is 0.0263. The molecule has 7 heteroatoms. The van der Waals surface area contributed by atoms with Crippen LogP contribution in [0.4, 0.5) is 8.78 Å². The van der Waals surface area contributed by atoms with Gasteiger partial charge in [-0.25, -0.2) is 8.78 Å². The molecule has 5 nitrogen and oxygen atoms in total. The zero-order valence-electron chi connectivity index (χ0n) is 21.3. The van der Waals surface area contributed by atoms with Crippen LogP contribution in [0.25, 0.3) is 10.9 Å². The van der Waals surface area contributed by atoms with Gasteiger partial charge in [0.2, 0.25) is 0 Å². The summed E-state index contributed by atoms with van der Waals surface area (Å²) < 4.78 is 39.4. The van der Waals surface area contributed by atoms with Crippen LogP contribution in [0.5, 0.6) is 11.5 Å². The van der Waals surface area contributed by atoms with E-state index in [4.69, 9.17) is 9.47 Å². The van der Waals surface area contributed by atoms with Crippen LogP contribution in [0, 0.1) is 11.6 Å². The molecular formula is C32H26F2N2O3. The number of benzene rings is 4. The van der Waals surface area contributed by atoms with Crippen LogP contribution in [-0.2, 0) is 13.0 Å². The van der Waals surface area contributed by atoms with Crippen LogP contribution < -0.4 is 9.47 Å². The molecule has 39 heavy (non-hydrogen) atoms. The number of nitrogens with one attached hydrogen (secondary N) is 1. The fraction of sp³-hybridized carbons (Fsp3) is 0.156. The molecule has 6 rings (SSSR count). The van der Waals surface area contributed by atoms with Crippen LogP contribution >= 0.6 is 0 Å². The van der Waals surface area contributed by atoms with Crippen LogP contribution in [0.15, 0.2) is 91.0 Å². The van der Waals surface area contributed by atoms with E-state index in [0.29, 0.717) is 25.3 Å².